The molecular formula is C72H134N2O21. The highest BCUT2D eigenvalue weighted by molar-refractivity contribution is 5.77. The number of carboxylic acids is 1. The van der Waals surface area contributed by atoms with E-state index in [2.05, 4.69) is 36.6 Å². The van der Waals surface area contributed by atoms with Crippen molar-refractivity contribution < 1.29 is 104 Å². The standard InChI is InChI=1S/C72H134N2O21/c1-4-6-8-10-12-14-16-18-20-22-24-26-28-30-32-34-36-38-40-42-44-46-59(82)74-53(54(79)45-43-41-39-37-35-33-31-29-27-25-23-21-19-17-15-13-11-9-7-5-2)51-90-69-64(86)63(85)66(58(50-77)92-69)93-70-65(87)68(62(84)57(49-76)91-70)95-72(71(88)89)47-55(80)60(73-52(3)78)67(94-72)61(83)56(81)48-75/h26,28,53-58,60-70,75-77,79-81,83-87H,4-25,27,29-51H2,1-3H3,(H,73,78)(H,74,82)(H,88,89)/b28-26-. The van der Waals surface area contributed by atoms with E-state index in [1.54, 1.807) is 0 Å². The molecule has 0 spiro atoms. The fourth-order valence-corrected chi connectivity index (χ4v) is 13.2. The molecule has 3 fully saturated rings. The summed E-state index contributed by atoms with van der Waals surface area (Å²) in [6, 6.07) is -2.53. The molecule has 18 unspecified atom stereocenters. The van der Waals surface area contributed by atoms with Crippen molar-refractivity contribution in [2.45, 2.75) is 400 Å². The maximum atomic E-state index is 13.5. The molecule has 0 saturated carbocycles. The zero-order chi connectivity index (χ0) is 69.6. The third kappa shape index (κ3) is 34.1. The van der Waals surface area contributed by atoms with Gasteiger partial charge in [-0.15, -0.1) is 0 Å². The number of aliphatic hydroxyl groups excluding tert-OH is 11. The van der Waals surface area contributed by atoms with Crippen LogP contribution in [0, 0.1) is 0 Å². The van der Waals surface area contributed by atoms with Gasteiger partial charge >= 0.3 is 5.97 Å². The molecule has 2 amide bonds. The number of unbranched alkanes of at least 4 members (excludes halogenated alkanes) is 36. The van der Waals surface area contributed by atoms with Gasteiger partial charge in [0.1, 0.15) is 67.1 Å². The van der Waals surface area contributed by atoms with Gasteiger partial charge in [0.05, 0.1) is 50.7 Å². The van der Waals surface area contributed by atoms with E-state index in [1.807, 2.05) is 0 Å². The third-order valence-electron chi connectivity index (χ3n) is 19.2. The molecule has 18 atom stereocenters. The van der Waals surface area contributed by atoms with Crippen molar-refractivity contribution in [3.63, 3.8) is 0 Å². The summed E-state index contributed by atoms with van der Waals surface area (Å²) >= 11 is 0. The highest BCUT2D eigenvalue weighted by atomic mass is 16.8. The first-order valence-corrected chi connectivity index (χ1v) is 37.5. The van der Waals surface area contributed by atoms with Gasteiger partial charge in [-0.1, -0.05) is 244 Å². The second-order valence-electron chi connectivity index (χ2n) is 27.5. The van der Waals surface area contributed by atoms with Crippen LogP contribution in [0.4, 0.5) is 0 Å². The molecule has 95 heavy (non-hydrogen) atoms. The summed E-state index contributed by atoms with van der Waals surface area (Å²) in [6.07, 6.45) is 23.4. The number of carbonyl (C=O) groups is 3. The smallest absolute Gasteiger partial charge is 0.364 e. The van der Waals surface area contributed by atoms with Crippen LogP contribution in [0.25, 0.3) is 0 Å². The molecule has 23 heteroatoms. The minimum absolute atomic E-state index is 0.220. The second kappa shape index (κ2) is 52.5. The quantitative estimate of drug-likeness (QED) is 0.0201. The fraction of sp³-hybridized carbons (Fsp3) is 0.931. The van der Waals surface area contributed by atoms with E-state index in [4.69, 9.17) is 28.4 Å². The number of carbonyl (C=O) groups excluding carboxylic acids is 2. The number of nitrogens with one attached hydrogen (secondary N) is 2. The van der Waals surface area contributed by atoms with Crippen LogP contribution in [0.1, 0.15) is 290 Å². The Bertz CT molecular complexity index is 1960. The predicted molar refractivity (Wildman–Crippen MR) is 362 cm³/mol. The fourth-order valence-electron chi connectivity index (χ4n) is 13.2. The van der Waals surface area contributed by atoms with Crippen LogP contribution >= 0.6 is 0 Å². The van der Waals surface area contributed by atoms with Gasteiger partial charge in [-0.2, -0.15) is 0 Å². The summed E-state index contributed by atoms with van der Waals surface area (Å²) in [4.78, 5) is 38.6. The van der Waals surface area contributed by atoms with Crippen LogP contribution in [-0.4, -0.2) is 215 Å². The minimum atomic E-state index is -3.08. The summed E-state index contributed by atoms with van der Waals surface area (Å²) in [6.45, 7) is 2.24. The number of carboxylic acid groups (broad SMARTS) is 1. The first-order chi connectivity index (χ1) is 45.9. The molecular weight excluding hydrogens is 1230 g/mol. The number of hydrogen-bond acceptors (Lipinski definition) is 20. The molecule has 0 aromatic rings. The minimum Gasteiger partial charge on any atom is -0.477 e. The van der Waals surface area contributed by atoms with E-state index in [0.717, 1.165) is 84.0 Å². The second-order valence-corrected chi connectivity index (χ2v) is 27.5. The van der Waals surface area contributed by atoms with E-state index in [9.17, 15) is 75.7 Å². The molecule has 23 nitrogen and oxygen atoms in total. The van der Waals surface area contributed by atoms with Gasteiger partial charge < -0.3 is 100 Å². The number of aliphatic carboxylic acids is 1. The van der Waals surface area contributed by atoms with Gasteiger partial charge in [-0.05, 0) is 38.5 Å². The largest absolute Gasteiger partial charge is 0.477 e. The lowest BCUT2D eigenvalue weighted by Gasteiger charge is -2.50. The number of aliphatic hydroxyl groups is 11. The average Bonchev–Trinajstić information content (AvgIpc) is 0.757. The molecule has 0 aromatic heterocycles. The summed E-state index contributed by atoms with van der Waals surface area (Å²) in [5, 5.41) is 136. The van der Waals surface area contributed by atoms with Crippen molar-refractivity contribution in [1.29, 1.82) is 0 Å². The number of allylic oxidation sites excluding steroid dienone is 2. The number of amides is 2. The zero-order valence-electron chi connectivity index (χ0n) is 58.5. The number of hydrogen-bond donors (Lipinski definition) is 14. The summed E-state index contributed by atoms with van der Waals surface area (Å²) < 4.78 is 34.9. The Morgan fingerprint density at radius 3 is 1.42 bits per heavy atom. The Hall–Kier alpha value is -2.53. The summed E-state index contributed by atoms with van der Waals surface area (Å²) in [5.41, 5.74) is 0. The zero-order valence-corrected chi connectivity index (χ0v) is 58.5. The van der Waals surface area contributed by atoms with Crippen molar-refractivity contribution in [3.05, 3.63) is 12.2 Å². The Morgan fingerprint density at radius 2 is 0.979 bits per heavy atom. The van der Waals surface area contributed by atoms with E-state index in [0.29, 0.717) is 19.3 Å². The van der Waals surface area contributed by atoms with Crippen LogP contribution in [0.15, 0.2) is 12.2 Å². The first-order valence-electron chi connectivity index (χ1n) is 37.5. The number of ether oxygens (including phenoxy) is 6. The molecule has 3 aliphatic heterocycles. The molecule has 3 heterocycles. The van der Waals surface area contributed by atoms with Gasteiger partial charge in [-0.3, -0.25) is 9.59 Å². The lowest BCUT2D eigenvalue weighted by Crippen LogP contribution is -2.70. The summed E-state index contributed by atoms with van der Waals surface area (Å²) in [7, 11) is 0. The normalized spacial score (nSPS) is 27.7. The molecule has 0 aromatic carbocycles. The van der Waals surface area contributed by atoms with Crippen molar-refractivity contribution >= 4 is 17.8 Å². The average molecular weight is 1360 g/mol. The topological polar surface area (TPSA) is 373 Å². The highest BCUT2D eigenvalue weighted by Gasteiger charge is 2.60. The molecule has 0 bridgehead atoms. The highest BCUT2D eigenvalue weighted by Crippen LogP contribution is 2.39. The maximum absolute atomic E-state index is 13.5. The Kier molecular flexibility index (Phi) is 47.9. The van der Waals surface area contributed by atoms with Gasteiger partial charge in [0.25, 0.3) is 5.79 Å². The van der Waals surface area contributed by atoms with Crippen molar-refractivity contribution in [3.8, 4) is 0 Å². The number of rotatable bonds is 58. The first kappa shape index (κ1) is 86.7. The van der Waals surface area contributed by atoms with E-state index < -0.39 is 148 Å². The Morgan fingerprint density at radius 1 is 0.537 bits per heavy atom. The van der Waals surface area contributed by atoms with Gasteiger partial charge in [0.15, 0.2) is 12.6 Å². The lowest BCUT2D eigenvalue weighted by atomic mass is 9.88. The molecule has 558 valence electrons. The molecule has 0 radical (unpaired) electrons. The van der Waals surface area contributed by atoms with Crippen LogP contribution in [0.2, 0.25) is 0 Å². The molecule has 14 N–H and O–H groups in total. The molecule has 3 saturated heterocycles. The van der Waals surface area contributed by atoms with Crippen LogP contribution in [-0.2, 0) is 42.8 Å². The Balaban J connectivity index is 1.56. The van der Waals surface area contributed by atoms with Crippen LogP contribution < -0.4 is 10.6 Å². The SMILES string of the molecule is CCCCCCCCCCCC/C=C\CCCCCCCCCC(=O)NC(COC1OC(CO)C(OC2OC(CO)C(O)C(OC3(C(=O)O)CC(O)C(NC(C)=O)C(C(O)C(O)CO)O3)C2O)C(O)C1O)C(O)CCCCCCCCCCCCCCCCCCCCCC. The maximum Gasteiger partial charge on any atom is 0.364 e. The van der Waals surface area contributed by atoms with E-state index in [1.165, 1.54) is 161 Å². The van der Waals surface area contributed by atoms with E-state index in [-0.39, 0.29) is 18.9 Å². The van der Waals surface area contributed by atoms with Crippen molar-refractivity contribution in [2.24, 2.45) is 0 Å². The van der Waals surface area contributed by atoms with Crippen LogP contribution in [0.3, 0.4) is 0 Å². The monoisotopic (exact) mass is 1360 g/mol. The predicted octanol–water partition coefficient (Wildman–Crippen LogP) is 8.24. The molecule has 3 rings (SSSR count). The van der Waals surface area contributed by atoms with Crippen LogP contribution in [0.5, 0.6) is 0 Å². The molecule has 3 aliphatic rings. The lowest BCUT2D eigenvalue weighted by molar-refractivity contribution is -0.386. The van der Waals surface area contributed by atoms with Gasteiger partial charge in [-0.25, -0.2) is 4.79 Å². The van der Waals surface area contributed by atoms with Crippen molar-refractivity contribution in [2.75, 3.05) is 26.4 Å². The summed E-state index contributed by atoms with van der Waals surface area (Å²) in [5.74, 6) is -6.10. The third-order valence-corrected chi connectivity index (χ3v) is 19.2. The van der Waals surface area contributed by atoms with E-state index >= 15 is 0 Å². The van der Waals surface area contributed by atoms with Crippen molar-refractivity contribution in [1.82, 2.24) is 10.6 Å². The van der Waals surface area contributed by atoms with Gasteiger partial charge in [0.2, 0.25) is 11.8 Å². The molecule has 0 aliphatic carbocycles. The van der Waals surface area contributed by atoms with Gasteiger partial charge in [0, 0.05) is 19.8 Å². The Labute approximate surface area is 569 Å².